The Labute approximate surface area is 74.0 Å². The van der Waals surface area contributed by atoms with Crippen molar-refractivity contribution in [1.29, 1.82) is 0 Å². The van der Waals surface area contributed by atoms with Gasteiger partial charge in [0, 0.05) is 20.0 Å². The van der Waals surface area contributed by atoms with E-state index in [0.717, 1.165) is 22.1 Å². The van der Waals surface area contributed by atoms with Crippen molar-refractivity contribution in [3.8, 4) is 0 Å². The number of carbonyl (C=O) groups excluding carboxylic acids is 1. The molecule has 5 heteroatoms. The van der Waals surface area contributed by atoms with Crippen LogP contribution < -0.4 is 10.6 Å². The Kier molecular flexibility index (Phi) is 1.73. The maximum atomic E-state index is 11.2. The van der Waals surface area contributed by atoms with Crippen LogP contribution >= 0.6 is 11.3 Å². The molecule has 1 aromatic heterocycles. The van der Waals surface area contributed by atoms with Gasteiger partial charge in [-0.05, 0) is 0 Å². The summed E-state index contributed by atoms with van der Waals surface area (Å²) in [4.78, 5) is 16.3. The van der Waals surface area contributed by atoms with E-state index in [1.807, 2.05) is 7.05 Å². The second-order valence-electron chi connectivity index (χ2n) is 2.55. The van der Waals surface area contributed by atoms with E-state index in [1.165, 1.54) is 11.3 Å². The van der Waals surface area contributed by atoms with Crippen LogP contribution in [0.5, 0.6) is 0 Å². The van der Waals surface area contributed by atoms with E-state index in [-0.39, 0.29) is 5.91 Å². The van der Waals surface area contributed by atoms with Gasteiger partial charge in [-0.3, -0.25) is 4.79 Å². The van der Waals surface area contributed by atoms with Gasteiger partial charge in [-0.25, -0.2) is 4.98 Å². The highest BCUT2D eigenvalue weighted by atomic mass is 32.1. The number of thiazole rings is 1. The Bertz CT molecular complexity index is 320. The van der Waals surface area contributed by atoms with Crippen LogP contribution in [0.4, 0.5) is 5.13 Å². The minimum absolute atomic E-state index is 0.00949. The lowest BCUT2D eigenvalue weighted by Crippen LogP contribution is -2.30. The number of hydrogen-bond acceptors (Lipinski definition) is 4. The molecular weight excluding hydrogens is 174 g/mol. The first-order valence-corrected chi connectivity index (χ1v) is 4.58. The minimum Gasteiger partial charge on any atom is -0.365 e. The highest BCUT2D eigenvalue weighted by Crippen LogP contribution is 2.24. The first-order chi connectivity index (χ1) is 5.81. The smallest absolute Gasteiger partial charge is 0.263 e. The van der Waals surface area contributed by atoms with Crippen LogP contribution in [-0.2, 0) is 6.42 Å². The number of amides is 1. The zero-order valence-electron chi connectivity index (χ0n) is 6.68. The van der Waals surface area contributed by atoms with Crippen LogP contribution in [-0.4, -0.2) is 24.5 Å². The molecule has 2 rings (SSSR count). The molecule has 0 aliphatic carbocycles. The second kappa shape index (κ2) is 2.75. The molecule has 1 amide bonds. The van der Waals surface area contributed by atoms with Crippen LogP contribution in [0.3, 0.4) is 0 Å². The van der Waals surface area contributed by atoms with E-state index in [9.17, 15) is 4.79 Å². The Balaban J connectivity index is 2.43. The van der Waals surface area contributed by atoms with Gasteiger partial charge in [0.2, 0.25) is 0 Å². The third-order valence-corrected chi connectivity index (χ3v) is 2.88. The topological polar surface area (TPSA) is 54.0 Å². The van der Waals surface area contributed by atoms with Gasteiger partial charge in [0.05, 0.1) is 5.69 Å². The number of nitrogens with zero attached hydrogens (tertiary/aromatic N) is 1. The predicted octanol–water partition coefficient (Wildman–Crippen LogP) is 0.471. The van der Waals surface area contributed by atoms with Gasteiger partial charge in [-0.2, -0.15) is 0 Å². The number of aromatic nitrogens is 1. The van der Waals surface area contributed by atoms with Crippen molar-refractivity contribution in [2.75, 3.05) is 18.9 Å². The Morgan fingerprint density at radius 1 is 1.67 bits per heavy atom. The Morgan fingerprint density at radius 3 is 3.17 bits per heavy atom. The SMILES string of the molecule is CNc1nc2c(s1)C(=O)NCC2. The van der Waals surface area contributed by atoms with Crippen LogP contribution in [0.25, 0.3) is 0 Å². The molecule has 2 N–H and O–H groups in total. The van der Waals surface area contributed by atoms with Gasteiger partial charge in [0.1, 0.15) is 4.88 Å². The van der Waals surface area contributed by atoms with Crippen molar-refractivity contribution >= 4 is 22.4 Å². The summed E-state index contributed by atoms with van der Waals surface area (Å²) >= 11 is 1.41. The van der Waals surface area contributed by atoms with Crippen LogP contribution in [0.1, 0.15) is 15.4 Å². The lowest BCUT2D eigenvalue weighted by molar-refractivity contribution is 0.0950. The molecule has 0 fully saturated rings. The molecule has 2 heterocycles. The molecule has 0 unspecified atom stereocenters. The van der Waals surface area contributed by atoms with Crippen LogP contribution in [0.2, 0.25) is 0 Å². The van der Waals surface area contributed by atoms with Crippen molar-refractivity contribution in [2.45, 2.75) is 6.42 Å². The van der Waals surface area contributed by atoms with Crippen LogP contribution in [0.15, 0.2) is 0 Å². The minimum atomic E-state index is 0.00949. The fourth-order valence-corrected chi connectivity index (χ4v) is 2.06. The van der Waals surface area contributed by atoms with Gasteiger partial charge in [-0.15, -0.1) is 0 Å². The molecule has 0 aromatic carbocycles. The van der Waals surface area contributed by atoms with Gasteiger partial charge in [0.25, 0.3) is 5.91 Å². The van der Waals surface area contributed by atoms with Gasteiger partial charge < -0.3 is 10.6 Å². The number of fused-ring (bicyclic) bond motifs is 1. The van der Waals surface area contributed by atoms with Gasteiger partial charge in [0.15, 0.2) is 5.13 Å². The average molecular weight is 183 g/mol. The zero-order valence-corrected chi connectivity index (χ0v) is 7.49. The zero-order chi connectivity index (χ0) is 8.55. The first-order valence-electron chi connectivity index (χ1n) is 3.77. The lowest BCUT2D eigenvalue weighted by atomic mass is 10.2. The van der Waals surface area contributed by atoms with E-state index in [2.05, 4.69) is 15.6 Å². The largest absolute Gasteiger partial charge is 0.365 e. The molecule has 12 heavy (non-hydrogen) atoms. The summed E-state index contributed by atoms with van der Waals surface area (Å²) < 4.78 is 0. The predicted molar refractivity (Wildman–Crippen MR) is 47.7 cm³/mol. The summed E-state index contributed by atoms with van der Waals surface area (Å²) in [6.07, 6.45) is 0.846. The van der Waals surface area contributed by atoms with Gasteiger partial charge >= 0.3 is 0 Å². The molecule has 0 saturated carbocycles. The number of anilines is 1. The number of rotatable bonds is 1. The van der Waals surface area contributed by atoms with E-state index in [0.29, 0.717) is 6.54 Å². The quantitative estimate of drug-likeness (QED) is 0.665. The summed E-state index contributed by atoms with van der Waals surface area (Å²) in [5.74, 6) is 0.00949. The normalized spacial score (nSPS) is 15.2. The molecule has 0 radical (unpaired) electrons. The molecule has 0 bridgehead atoms. The maximum Gasteiger partial charge on any atom is 0.263 e. The van der Waals surface area contributed by atoms with E-state index >= 15 is 0 Å². The van der Waals surface area contributed by atoms with Crippen molar-refractivity contribution in [3.63, 3.8) is 0 Å². The fourth-order valence-electron chi connectivity index (χ4n) is 1.18. The summed E-state index contributed by atoms with van der Waals surface area (Å²) in [6, 6.07) is 0. The summed E-state index contributed by atoms with van der Waals surface area (Å²) in [7, 11) is 1.81. The standard InChI is InChI=1S/C7H9N3OS/c1-8-7-10-4-2-3-9-6(11)5(4)12-7/h2-3H2,1H3,(H,8,10)(H,9,11). The highest BCUT2D eigenvalue weighted by Gasteiger charge is 2.20. The second-order valence-corrected chi connectivity index (χ2v) is 3.55. The molecule has 4 nitrogen and oxygen atoms in total. The lowest BCUT2D eigenvalue weighted by Gasteiger charge is -2.09. The number of nitrogens with one attached hydrogen (secondary N) is 2. The van der Waals surface area contributed by atoms with Crippen molar-refractivity contribution in [2.24, 2.45) is 0 Å². The monoisotopic (exact) mass is 183 g/mol. The summed E-state index contributed by atoms with van der Waals surface area (Å²) in [5.41, 5.74) is 0.924. The molecule has 1 aliphatic rings. The molecule has 0 spiro atoms. The Hall–Kier alpha value is -1.10. The van der Waals surface area contributed by atoms with Crippen molar-refractivity contribution < 1.29 is 4.79 Å². The van der Waals surface area contributed by atoms with Crippen molar-refractivity contribution in [1.82, 2.24) is 10.3 Å². The molecule has 64 valence electrons. The fraction of sp³-hybridized carbons (Fsp3) is 0.429. The van der Waals surface area contributed by atoms with E-state index in [4.69, 9.17) is 0 Å². The van der Waals surface area contributed by atoms with E-state index < -0.39 is 0 Å². The maximum absolute atomic E-state index is 11.2. The third-order valence-electron chi connectivity index (χ3n) is 1.76. The van der Waals surface area contributed by atoms with Gasteiger partial charge in [-0.1, -0.05) is 11.3 Å². The third kappa shape index (κ3) is 1.06. The molecule has 1 aliphatic heterocycles. The average Bonchev–Trinajstić information content (AvgIpc) is 2.49. The van der Waals surface area contributed by atoms with Crippen molar-refractivity contribution in [3.05, 3.63) is 10.6 Å². The molecule has 1 aromatic rings. The summed E-state index contributed by atoms with van der Waals surface area (Å²) in [5, 5.41) is 6.53. The molecule has 0 atom stereocenters. The highest BCUT2D eigenvalue weighted by molar-refractivity contribution is 7.17. The first kappa shape index (κ1) is 7.54. The molecule has 0 saturated heterocycles. The van der Waals surface area contributed by atoms with E-state index in [1.54, 1.807) is 0 Å². The van der Waals surface area contributed by atoms with Crippen LogP contribution in [0, 0.1) is 0 Å². The Morgan fingerprint density at radius 2 is 2.50 bits per heavy atom. The number of hydrogen-bond donors (Lipinski definition) is 2. The molecular formula is C7H9N3OS. The number of carbonyl (C=O) groups is 1. The summed E-state index contributed by atoms with van der Waals surface area (Å²) in [6.45, 7) is 0.707.